The maximum atomic E-state index is 10.8. The number of carbonyl (C=O) groups is 1. The molecule has 0 radical (unpaired) electrons. The van der Waals surface area contributed by atoms with Crippen LogP contribution in [0.2, 0.25) is 0 Å². The van der Waals surface area contributed by atoms with Crippen molar-refractivity contribution in [2.75, 3.05) is 6.79 Å². The van der Waals surface area contributed by atoms with Gasteiger partial charge in [-0.15, -0.1) is 0 Å². The van der Waals surface area contributed by atoms with Crippen LogP contribution in [0.25, 0.3) is 0 Å². The monoisotopic (exact) mass is 224 g/mol. The number of aliphatic carboxylic acids is 1. The maximum absolute atomic E-state index is 10.8. The molecule has 0 saturated heterocycles. The molecule has 0 spiro atoms. The first-order chi connectivity index (χ1) is 7.70. The van der Waals surface area contributed by atoms with Gasteiger partial charge in [-0.05, 0) is 18.6 Å². The molecular formula is C11H12O5. The Kier molecular flexibility index (Phi) is 2.85. The summed E-state index contributed by atoms with van der Waals surface area (Å²) < 4.78 is 15.6. The summed E-state index contributed by atoms with van der Waals surface area (Å²) in [6.45, 7) is 1.95. The lowest BCUT2D eigenvalue weighted by atomic mass is 10.2. The van der Waals surface area contributed by atoms with Crippen LogP contribution >= 0.6 is 0 Å². The highest BCUT2D eigenvalue weighted by molar-refractivity contribution is 5.72. The van der Waals surface area contributed by atoms with E-state index in [1.165, 1.54) is 0 Å². The van der Waals surface area contributed by atoms with E-state index in [2.05, 4.69) is 0 Å². The summed E-state index contributed by atoms with van der Waals surface area (Å²) in [5.74, 6) is 0.729. The predicted molar refractivity (Wildman–Crippen MR) is 54.9 cm³/mol. The van der Waals surface area contributed by atoms with Crippen molar-refractivity contribution in [3.8, 4) is 17.2 Å². The molecule has 0 fully saturated rings. The molecule has 0 saturated carbocycles. The number of fused-ring (bicyclic) bond motifs is 1. The van der Waals surface area contributed by atoms with Gasteiger partial charge >= 0.3 is 5.97 Å². The molecule has 1 aliphatic heterocycles. The summed E-state index contributed by atoms with van der Waals surface area (Å²) in [6.07, 6.45) is -0.426. The minimum absolute atomic E-state index is 0.189. The summed E-state index contributed by atoms with van der Waals surface area (Å²) in [5, 5.41) is 8.85. The molecule has 1 aromatic carbocycles. The standard InChI is InChI=1S/C11H12O5/c1-2-8(11(12)13)16-7-3-4-9-10(5-7)15-6-14-9/h3-5,8H,2,6H2,1H3,(H,12,13)/t8-/m1/s1. The quantitative estimate of drug-likeness (QED) is 0.842. The molecule has 1 heterocycles. The van der Waals surface area contributed by atoms with E-state index in [-0.39, 0.29) is 6.79 Å². The van der Waals surface area contributed by atoms with Gasteiger partial charge in [-0.2, -0.15) is 0 Å². The third-order valence-electron chi connectivity index (χ3n) is 2.27. The molecule has 0 aromatic heterocycles. The van der Waals surface area contributed by atoms with E-state index in [1.807, 2.05) is 0 Å². The molecule has 16 heavy (non-hydrogen) atoms. The van der Waals surface area contributed by atoms with E-state index in [9.17, 15) is 4.79 Å². The summed E-state index contributed by atoms with van der Waals surface area (Å²) in [6, 6.07) is 5.00. The van der Waals surface area contributed by atoms with Gasteiger partial charge in [0.05, 0.1) is 0 Å². The first-order valence-electron chi connectivity index (χ1n) is 5.00. The smallest absolute Gasteiger partial charge is 0.344 e. The van der Waals surface area contributed by atoms with Gasteiger partial charge in [-0.1, -0.05) is 6.92 Å². The second kappa shape index (κ2) is 4.30. The van der Waals surface area contributed by atoms with Crippen molar-refractivity contribution in [1.29, 1.82) is 0 Å². The SMILES string of the molecule is CC[C@@H](Oc1ccc2c(c1)OCO2)C(=O)O. The van der Waals surface area contributed by atoms with Crippen molar-refractivity contribution in [3.63, 3.8) is 0 Å². The molecule has 1 aliphatic rings. The summed E-state index contributed by atoms with van der Waals surface area (Å²) >= 11 is 0. The Morgan fingerprint density at radius 2 is 2.25 bits per heavy atom. The minimum atomic E-state index is -0.972. The fourth-order valence-electron chi connectivity index (χ4n) is 1.42. The number of carboxylic acid groups (broad SMARTS) is 1. The minimum Gasteiger partial charge on any atom is -0.479 e. The molecule has 1 N–H and O–H groups in total. The Morgan fingerprint density at radius 1 is 1.50 bits per heavy atom. The van der Waals surface area contributed by atoms with Crippen LogP contribution in [0.4, 0.5) is 0 Å². The van der Waals surface area contributed by atoms with E-state index in [0.29, 0.717) is 23.7 Å². The van der Waals surface area contributed by atoms with Gasteiger partial charge in [0, 0.05) is 6.07 Å². The van der Waals surface area contributed by atoms with Crippen molar-refractivity contribution in [3.05, 3.63) is 18.2 Å². The van der Waals surface area contributed by atoms with E-state index in [4.69, 9.17) is 19.3 Å². The van der Waals surface area contributed by atoms with Gasteiger partial charge in [0.2, 0.25) is 6.79 Å². The number of hydrogen-bond acceptors (Lipinski definition) is 4. The van der Waals surface area contributed by atoms with Crippen molar-refractivity contribution < 1.29 is 24.1 Å². The Bertz CT molecular complexity index is 401. The van der Waals surface area contributed by atoms with Crippen molar-refractivity contribution in [2.45, 2.75) is 19.4 Å². The topological polar surface area (TPSA) is 65.0 Å². The van der Waals surface area contributed by atoms with Gasteiger partial charge in [-0.3, -0.25) is 0 Å². The fourth-order valence-corrected chi connectivity index (χ4v) is 1.42. The van der Waals surface area contributed by atoms with E-state index >= 15 is 0 Å². The zero-order valence-corrected chi connectivity index (χ0v) is 8.80. The van der Waals surface area contributed by atoms with Gasteiger partial charge in [0.1, 0.15) is 5.75 Å². The first-order valence-corrected chi connectivity index (χ1v) is 5.00. The molecule has 0 unspecified atom stereocenters. The molecule has 0 aliphatic carbocycles. The highest BCUT2D eigenvalue weighted by Crippen LogP contribution is 2.35. The second-order valence-corrected chi connectivity index (χ2v) is 3.37. The number of ether oxygens (including phenoxy) is 3. The molecule has 0 amide bonds. The zero-order chi connectivity index (χ0) is 11.5. The summed E-state index contributed by atoms with van der Waals surface area (Å²) in [5.41, 5.74) is 0. The van der Waals surface area contributed by atoms with Crippen LogP contribution < -0.4 is 14.2 Å². The third-order valence-corrected chi connectivity index (χ3v) is 2.27. The van der Waals surface area contributed by atoms with Crippen LogP contribution in [0.3, 0.4) is 0 Å². The Morgan fingerprint density at radius 3 is 2.94 bits per heavy atom. The number of benzene rings is 1. The second-order valence-electron chi connectivity index (χ2n) is 3.37. The normalized spacial score (nSPS) is 14.6. The number of rotatable bonds is 4. The summed E-state index contributed by atoms with van der Waals surface area (Å²) in [7, 11) is 0. The predicted octanol–water partition coefficient (Wildman–Crippen LogP) is 1.66. The van der Waals surface area contributed by atoms with E-state index in [1.54, 1.807) is 25.1 Å². The lowest BCUT2D eigenvalue weighted by molar-refractivity contribution is -0.145. The number of carboxylic acids is 1. The highest BCUT2D eigenvalue weighted by atomic mass is 16.7. The molecule has 0 bridgehead atoms. The average molecular weight is 224 g/mol. The van der Waals surface area contributed by atoms with E-state index in [0.717, 1.165) is 0 Å². The molecular weight excluding hydrogens is 212 g/mol. The lowest BCUT2D eigenvalue weighted by Gasteiger charge is -2.13. The van der Waals surface area contributed by atoms with Crippen molar-refractivity contribution in [1.82, 2.24) is 0 Å². The van der Waals surface area contributed by atoms with Crippen molar-refractivity contribution >= 4 is 5.97 Å². The van der Waals surface area contributed by atoms with Crippen molar-refractivity contribution in [2.24, 2.45) is 0 Å². The fraction of sp³-hybridized carbons (Fsp3) is 0.364. The van der Waals surface area contributed by atoms with Crippen LogP contribution in [-0.4, -0.2) is 24.0 Å². The molecule has 5 heteroatoms. The highest BCUT2D eigenvalue weighted by Gasteiger charge is 2.19. The first kappa shape index (κ1) is 10.6. The van der Waals surface area contributed by atoms with Gasteiger partial charge < -0.3 is 19.3 Å². The Labute approximate surface area is 92.5 Å². The molecule has 5 nitrogen and oxygen atoms in total. The molecule has 2 rings (SSSR count). The van der Waals surface area contributed by atoms with Gasteiger partial charge in [0.15, 0.2) is 17.6 Å². The molecule has 86 valence electrons. The van der Waals surface area contributed by atoms with Crippen LogP contribution in [-0.2, 0) is 4.79 Å². The molecule has 1 aromatic rings. The van der Waals surface area contributed by atoms with Crippen LogP contribution in [0.5, 0.6) is 17.2 Å². The molecule has 1 atom stereocenters. The van der Waals surface area contributed by atoms with Gasteiger partial charge in [-0.25, -0.2) is 4.79 Å². The Balaban J connectivity index is 2.13. The third kappa shape index (κ3) is 2.03. The average Bonchev–Trinajstić information content (AvgIpc) is 2.72. The number of hydrogen-bond donors (Lipinski definition) is 1. The van der Waals surface area contributed by atoms with Gasteiger partial charge in [0.25, 0.3) is 0 Å². The largest absolute Gasteiger partial charge is 0.479 e. The lowest BCUT2D eigenvalue weighted by Crippen LogP contribution is -2.25. The maximum Gasteiger partial charge on any atom is 0.344 e. The van der Waals surface area contributed by atoms with Crippen LogP contribution in [0.15, 0.2) is 18.2 Å². The Hall–Kier alpha value is -1.91. The van der Waals surface area contributed by atoms with E-state index < -0.39 is 12.1 Å². The summed E-state index contributed by atoms with van der Waals surface area (Å²) in [4.78, 5) is 10.8. The van der Waals surface area contributed by atoms with Crippen LogP contribution in [0, 0.1) is 0 Å². The zero-order valence-electron chi connectivity index (χ0n) is 8.80. The van der Waals surface area contributed by atoms with Crippen LogP contribution in [0.1, 0.15) is 13.3 Å².